The van der Waals surface area contributed by atoms with Crippen molar-refractivity contribution in [1.82, 2.24) is 10.6 Å². The van der Waals surface area contributed by atoms with Crippen LogP contribution in [0.25, 0.3) is 0 Å². The Morgan fingerprint density at radius 1 is 1.61 bits per heavy atom. The van der Waals surface area contributed by atoms with Crippen molar-refractivity contribution in [3.05, 3.63) is 24.2 Å². The number of furan rings is 1. The lowest BCUT2D eigenvalue weighted by Gasteiger charge is -2.31. The highest BCUT2D eigenvalue weighted by molar-refractivity contribution is 5.83. The average Bonchev–Trinajstić information content (AvgIpc) is 3.00. The van der Waals surface area contributed by atoms with E-state index in [4.69, 9.17) is 4.42 Å². The molecule has 1 amide bonds. The molecule has 0 saturated carbocycles. The highest BCUT2D eigenvalue weighted by atomic mass is 16.3. The van der Waals surface area contributed by atoms with E-state index in [2.05, 4.69) is 24.5 Å². The minimum atomic E-state index is -0.233. The van der Waals surface area contributed by atoms with Gasteiger partial charge >= 0.3 is 0 Å². The highest BCUT2D eigenvalue weighted by Gasteiger charge is 2.43. The predicted molar refractivity (Wildman–Crippen MR) is 70.2 cm³/mol. The predicted octanol–water partition coefficient (Wildman–Crippen LogP) is 1.57. The van der Waals surface area contributed by atoms with Gasteiger partial charge < -0.3 is 15.1 Å². The Morgan fingerprint density at radius 2 is 2.44 bits per heavy atom. The average molecular weight is 250 g/mol. The van der Waals surface area contributed by atoms with Crippen molar-refractivity contribution < 1.29 is 9.21 Å². The third-order valence-corrected chi connectivity index (χ3v) is 3.98. The Morgan fingerprint density at radius 3 is 3.00 bits per heavy atom. The number of carbonyl (C=O) groups excluding carboxylic acids is 1. The normalized spacial score (nSPS) is 23.5. The molecule has 1 aliphatic heterocycles. The van der Waals surface area contributed by atoms with E-state index in [1.807, 2.05) is 12.1 Å². The van der Waals surface area contributed by atoms with E-state index in [-0.39, 0.29) is 11.3 Å². The number of rotatable bonds is 5. The molecule has 1 aliphatic rings. The number of hydrogen-bond acceptors (Lipinski definition) is 3. The Hall–Kier alpha value is -1.29. The quantitative estimate of drug-likeness (QED) is 0.834. The second-order valence-electron chi connectivity index (χ2n) is 5.32. The number of nitrogens with one attached hydrogen (secondary N) is 2. The number of amides is 1. The summed E-state index contributed by atoms with van der Waals surface area (Å²) in [6, 6.07) is 3.80. The van der Waals surface area contributed by atoms with Crippen molar-refractivity contribution in [3.8, 4) is 0 Å². The zero-order chi connectivity index (χ0) is 13.0. The van der Waals surface area contributed by atoms with Crippen molar-refractivity contribution in [3.63, 3.8) is 0 Å². The molecule has 0 aliphatic carbocycles. The smallest absolute Gasteiger partial charge is 0.227 e. The van der Waals surface area contributed by atoms with E-state index in [1.54, 1.807) is 6.26 Å². The minimum absolute atomic E-state index is 0.175. The molecule has 1 saturated heterocycles. The third-order valence-electron chi connectivity index (χ3n) is 3.98. The van der Waals surface area contributed by atoms with E-state index >= 15 is 0 Å². The van der Waals surface area contributed by atoms with Crippen LogP contribution in [0.4, 0.5) is 0 Å². The first-order chi connectivity index (χ1) is 8.65. The van der Waals surface area contributed by atoms with Gasteiger partial charge in [-0.25, -0.2) is 0 Å². The second-order valence-corrected chi connectivity index (χ2v) is 5.32. The molecule has 18 heavy (non-hydrogen) atoms. The Balaban J connectivity index is 1.86. The van der Waals surface area contributed by atoms with Gasteiger partial charge in [0.15, 0.2) is 0 Å². The third kappa shape index (κ3) is 2.58. The van der Waals surface area contributed by atoms with Gasteiger partial charge in [0.25, 0.3) is 0 Å². The molecule has 100 valence electrons. The molecule has 1 aromatic heterocycles. The van der Waals surface area contributed by atoms with Crippen molar-refractivity contribution in [2.24, 2.45) is 11.3 Å². The summed E-state index contributed by atoms with van der Waals surface area (Å²) in [6.45, 7) is 6.61. The molecule has 2 rings (SSSR count). The van der Waals surface area contributed by atoms with Crippen LogP contribution in [0.15, 0.2) is 22.8 Å². The Labute approximate surface area is 108 Å². The van der Waals surface area contributed by atoms with E-state index in [0.29, 0.717) is 12.5 Å². The molecule has 1 unspecified atom stereocenters. The monoisotopic (exact) mass is 250 g/mol. The SMILES string of the molecule is CC(C)C1(C(=O)NCCc2ccco2)CCNC1. The van der Waals surface area contributed by atoms with Gasteiger partial charge in [-0.05, 0) is 31.0 Å². The van der Waals surface area contributed by atoms with E-state index in [0.717, 1.165) is 31.7 Å². The van der Waals surface area contributed by atoms with E-state index < -0.39 is 0 Å². The molecule has 1 atom stereocenters. The summed E-state index contributed by atoms with van der Waals surface area (Å²) in [6.07, 6.45) is 3.34. The number of carbonyl (C=O) groups is 1. The van der Waals surface area contributed by atoms with Crippen LogP contribution in [-0.4, -0.2) is 25.5 Å². The molecule has 4 nitrogen and oxygen atoms in total. The van der Waals surface area contributed by atoms with Crippen molar-refractivity contribution in [2.45, 2.75) is 26.7 Å². The molecular formula is C14H22N2O2. The van der Waals surface area contributed by atoms with Crippen molar-refractivity contribution in [2.75, 3.05) is 19.6 Å². The van der Waals surface area contributed by atoms with Gasteiger partial charge in [-0.3, -0.25) is 4.79 Å². The summed E-state index contributed by atoms with van der Waals surface area (Å²) >= 11 is 0. The summed E-state index contributed by atoms with van der Waals surface area (Å²) in [5.41, 5.74) is -0.233. The Kier molecular flexibility index (Phi) is 4.07. The van der Waals surface area contributed by atoms with Gasteiger partial charge in [-0.1, -0.05) is 13.8 Å². The number of hydrogen-bond donors (Lipinski definition) is 2. The van der Waals surface area contributed by atoms with Gasteiger partial charge in [0.1, 0.15) is 5.76 Å². The van der Waals surface area contributed by atoms with Gasteiger partial charge in [0, 0.05) is 19.5 Å². The summed E-state index contributed by atoms with van der Waals surface area (Å²) < 4.78 is 5.25. The molecule has 2 N–H and O–H groups in total. The van der Waals surface area contributed by atoms with Crippen LogP contribution in [-0.2, 0) is 11.2 Å². The second kappa shape index (κ2) is 5.57. The van der Waals surface area contributed by atoms with E-state index in [1.165, 1.54) is 0 Å². The maximum Gasteiger partial charge on any atom is 0.227 e. The lowest BCUT2D eigenvalue weighted by Crippen LogP contribution is -2.46. The maximum atomic E-state index is 12.4. The van der Waals surface area contributed by atoms with Crippen LogP contribution in [0.5, 0.6) is 0 Å². The standard InChI is InChI=1S/C14H22N2O2/c1-11(2)14(6-8-15-10-14)13(17)16-7-5-12-4-3-9-18-12/h3-4,9,11,15H,5-8,10H2,1-2H3,(H,16,17). The summed E-state index contributed by atoms with van der Waals surface area (Å²) in [5.74, 6) is 1.45. The summed E-state index contributed by atoms with van der Waals surface area (Å²) in [4.78, 5) is 12.4. The fraction of sp³-hybridized carbons (Fsp3) is 0.643. The van der Waals surface area contributed by atoms with Gasteiger partial charge in [0.05, 0.1) is 11.7 Å². The first-order valence-electron chi connectivity index (χ1n) is 6.66. The van der Waals surface area contributed by atoms with Crippen molar-refractivity contribution in [1.29, 1.82) is 0 Å². The minimum Gasteiger partial charge on any atom is -0.469 e. The fourth-order valence-corrected chi connectivity index (χ4v) is 2.59. The molecule has 4 heteroatoms. The van der Waals surface area contributed by atoms with Gasteiger partial charge in [-0.2, -0.15) is 0 Å². The zero-order valence-electron chi connectivity index (χ0n) is 11.2. The molecule has 1 aromatic rings. The van der Waals surface area contributed by atoms with Crippen molar-refractivity contribution >= 4 is 5.91 Å². The topological polar surface area (TPSA) is 54.3 Å². The van der Waals surface area contributed by atoms with Gasteiger partial charge in [0.2, 0.25) is 5.91 Å². The maximum absolute atomic E-state index is 12.4. The molecule has 1 fully saturated rings. The summed E-state index contributed by atoms with van der Waals surface area (Å²) in [7, 11) is 0. The lowest BCUT2D eigenvalue weighted by atomic mass is 9.75. The van der Waals surface area contributed by atoms with Crippen LogP contribution in [0.1, 0.15) is 26.0 Å². The molecule has 2 heterocycles. The first kappa shape index (κ1) is 13.1. The van der Waals surface area contributed by atoms with Crippen LogP contribution in [0.2, 0.25) is 0 Å². The van der Waals surface area contributed by atoms with Gasteiger partial charge in [-0.15, -0.1) is 0 Å². The zero-order valence-corrected chi connectivity index (χ0v) is 11.2. The highest BCUT2D eigenvalue weighted by Crippen LogP contribution is 2.34. The largest absolute Gasteiger partial charge is 0.469 e. The van der Waals surface area contributed by atoms with Crippen LogP contribution in [0, 0.1) is 11.3 Å². The molecule has 0 aromatic carbocycles. The first-order valence-corrected chi connectivity index (χ1v) is 6.66. The Bertz CT molecular complexity index is 379. The van der Waals surface area contributed by atoms with Crippen LogP contribution < -0.4 is 10.6 Å². The van der Waals surface area contributed by atoms with Crippen LogP contribution in [0.3, 0.4) is 0 Å². The molecule has 0 bridgehead atoms. The van der Waals surface area contributed by atoms with Crippen LogP contribution >= 0.6 is 0 Å². The van der Waals surface area contributed by atoms with E-state index in [9.17, 15) is 4.79 Å². The molecule has 0 spiro atoms. The molecular weight excluding hydrogens is 228 g/mol. The lowest BCUT2D eigenvalue weighted by molar-refractivity contribution is -0.132. The fourth-order valence-electron chi connectivity index (χ4n) is 2.59. The summed E-state index contributed by atoms with van der Waals surface area (Å²) in [5, 5.41) is 6.35. The molecule has 0 radical (unpaired) electrons.